The highest BCUT2D eigenvalue weighted by Crippen LogP contribution is 2.26. The van der Waals surface area contributed by atoms with Crippen molar-refractivity contribution < 1.29 is 22.7 Å². The Bertz CT molecular complexity index is 1180. The molecule has 0 bridgehead atoms. The van der Waals surface area contributed by atoms with E-state index in [1.54, 1.807) is 24.3 Å². The summed E-state index contributed by atoms with van der Waals surface area (Å²) in [6.45, 7) is 0.871. The van der Waals surface area contributed by atoms with E-state index in [9.17, 15) is 13.6 Å². The van der Waals surface area contributed by atoms with Crippen molar-refractivity contribution in [3.05, 3.63) is 65.2 Å². The number of benzene rings is 2. The van der Waals surface area contributed by atoms with Gasteiger partial charge in [0.15, 0.2) is 5.82 Å². The predicted molar refractivity (Wildman–Crippen MR) is 100 cm³/mol. The van der Waals surface area contributed by atoms with Crippen molar-refractivity contribution in [3.63, 3.8) is 0 Å². The number of carbonyl (C=O) groups excluding carboxylic acids is 1. The van der Waals surface area contributed by atoms with Crippen LogP contribution in [0.3, 0.4) is 0 Å². The quantitative estimate of drug-likeness (QED) is 0.450. The number of alkyl halides is 2. The molecule has 0 N–H and O–H groups in total. The minimum atomic E-state index is -2.77. The molecule has 0 radical (unpaired) electrons. The molecule has 0 aliphatic heterocycles. The van der Waals surface area contributed by atoms with Crippen molar-refractivity contribution in [3.8, 4) is 0 Å². The van der Waals surface area contributed by atoms with Gasteiger partial charge in [-0.2, -0.15) is 8.78 Å². The number of aryl methyl sites for hydroxylation is 2. The van der Waals surface area contributed by atoms with E-state index in [1.165, 1.54) is 6.26 Å². The van der Waals surface area contributed by atoms with Crippen LogP contribution in [-0.2, 0) is 22.6 Å². The molecule has 2 aromatic heterocycles. The lowest BCUT2D eigenvalue weighted by molar-refractivity contribution is -0.144. The number of furan rings is 1. The first-order chi connectivity index (χ1) is 13.4. The highest BCUT2D eigenvalue weighted by Gasteiger charge is 2.19. The van der Waals surface area contributed by atoms with Gasteiger partial charge in [0.05, 0.1) is 23.7 Å². The van der Waals surface area contributed by atoms with Crippen molar-refractivity contribution in [1.29, 1.82) is 0 Å². The molecule has 0 unspecified atom stereocenters. The van der Waals surface area contributed by atoms with Gasteiger partial charge in [0.2, 0.25) is 0 Å². The van der Waals surface area contributed by atoms with E-state index in [0.29, 0.717) is 22.2 Å². The average molecular weight is 384 g/mol. The van der Waals surface area contributed by atoms with Gasteiger partial charge in [-0.1, -0.05) is 12.1 Å². The normalized spacial score (nSPS) is 11.6. The SMILES string of the molecule is Cc1cc2occ(CC(=O)OCc3nc4ccccc4n3C(F)F)c2cc1C. The molecule has 0 spiro atoms. The second kappa shape index (κ2) is 7.07. The van der Waals surface area contributed by atoms with Gasteiger partial charge in [-0.15, -0.1) is 0 Å². The van der Waals surface area contributed by atoms with Gasteiger partial charge >= 0.3 is 12.5 Å². The van der Waals surface area contributed by atoms with Crippen LogP contribution in [0.2, 0.25) is 0 Å². The van der Waals surface area contributed by atoms with Gasteiger partial charge in [-0.25, -0.2) is 4.98 Å². The molecule has 2 aromatic carbocycles. The molecule has 144 valence electrons. The monoisotopic (exact) mass is 384 g/mol. The summed E-state index contributed by atoms with van der Waals surface area (Å²) < 4.78 is 38.4. The summed E-state index contributed by atoms with van der Waals surface area (Å²) in [5.41, 5.74) is 4.32. The molecule has 28 heavy (non-hydrogen) atoms. The first kappa shape index (κ1) is 18.2. The molecule has 7 heteroatoms. The van der Waals surface area contributed by atoms with Crippen molar-refractivity contribution >= 4 is 28.0 Å². The molecule has 4 aromatic rings. The van der Waals surface area contributed by atoms with Crippen LogP contribution in [0.4, 0.5) is 8.78 Å². The number of rotatable bonds is 5. The predicted octanol–water partition coefficient (Wildman–Crippen LogP) is 5.08. The fourth-order valence-corrected chi connectivity index (χ4v) is 3.24. The van der Waals surface area contributed by atoms with Crippen molar-refractivity contribution in [2.75, 3.05) is 0 Å². The summed E-state index contributed by atoms with van der Waals surface area (Å²) >= 11 is 0. The molecule has 0 saturated carbocycles. The maximum absolute atomic E-state index is 13.4. The van der Waals surface area contributed by atoms with E-state index < -0.39 is 12.5 Å². The Morgan fingerprint density at radius 2 is 1.96 bits per heavy atom. The number of para-hydroxylation sites is 2. The van der Waals surface area contributed by atoms with Crippen LogP contribution in [-0.4, -0.2) is 15.5 Å². The van der Waals surface area contributed by atoms with Crippen LogP contribution < -0.4 is 0 Å². The maximum atomic E-state index is 13.4. The van der Waals surface area contributed by atoms with Gasteiger partial charge in [0.25, 0.3) is 0 Å². The number of ether oxygens (including phenoxy) is 1. The Kier molecular flexibility index (Phi) is 4.58. The molecule has 0 amide bonds. The van der Waals surface area contributed by atoms with E-state index in [-0.39, 0.29) is 18.9 Å². The summed E-state index contributed by atoms with van der Waals surface area (Å²) in [5.74, 6) is -0.526. The minimum Gasteiger partial charge on any atom is -0.464 e. The van der Waals surface area contributed by atoms with Gasteiger partial charge in [-0.05, 0) is 49.2 Å². The number of nitrogens with zero attached hydrogens (tertiary/aromatic N) is 2. The van der Waals surface area contributed by atoms with Gasteiger partial charge in [0, 0.05) is 10.9 Å². The average Bonchev–Trinajstić information content (AvgIpc) is 3.21. The molecule has 0 aliphatic rings. The zero-order valence-electron chi connectivity index (χ0n) is 15.4. The third-order valence-electron chi connectivity index (χ3n) is 4.83. The number of hydrogen-bond donors (Lipinski definition) is 0. The molecular weight excluding hydrogens is 366 g/mol. The van der Waals surface area contributed by atoms with Crippen LogP contribution in [0.5, 0.6) is 0 Å². The van der Waals surface area contributed by atoms with Crippen LogP contribution in [0.1, 0.15) is 29.1 Å². The molecule has 4 rings (SSSR count). The fourth-order valence-electron chi connectivity index (χ4n) is 3.24. The largest absolute Gasteiger partial charge is 0.464 e. The zero-order chi connectivity index (χ0) is 19.8. The molecule has 0 aliphatic carbocycles. The number of fused-ring (bicyclic) bond motifs is 2. The maximum Gasteiger partial charge on any atom is 0.320 e. The van der Waals surface area contributed by atoms with Gasteiger partial charge < -0.3 is 9.15 Å². The summed E-state index contributed by atoms with van der Waals surface area (Å²) in [5, 5.41) is 0.847. The van der Waals surface area contributed by atoms with Gasteiger partial charge in [0.1, 0.15) is 12.2 Å². The van der Waals surface area contributed by atoms with Crippen LogP contribution in [0, 0.1) is 13.8 Å². The van der Waals surface area contributed by atoms with Crippen molar-refractivity contribution in [1.82, 2.24) is 9.55 Å². The minimum absolute atomic E-state index is 0.00747. The molecule has 2 heterocycles. The first-order valence-corrected chi connectivity index (χ1v) is 8.81. The summed E-state index contributed by atoms with van der Waals surface area (Å²) in [6, 6.07) is 10.5. The van der Waals surface area contributed by atoms with E-state index in [1.807, 2.05) is 26.0 Å². The summed E-state index contributed by atoms with van der Waals surface area (Å²) in [4.78, 5) is 16.4. The second-order valence-electron chi connectivity index (χ2n) is 6.70. The molecule has 0 saturated heterocycles. The number of hydrogen-bond acceptors (Lipinski definition) is 4. The molecule has 5 nitrogen and oxygen atoms in total. The number of esters is 1. The lowest BCUT2D eigenvalue weighted by Gasteiger charge is -2.08. The summed E-state index contributed by atoms with van der Waals surface area (Å²) in [7, 11) is 0. The van der Waals surface area contributed by atoms with E-state index in [4.69, 9.17) is 9.15 Å². The lowest BCUT2D eigenvalue weighted by Crippen LogP contribution is -2.12. The molecule has 0 fully saturated rings. The third kappa shape index (κ3) is 3.24. The number of halogens is 2. The van der Waals surface area contributed by atoms with Crippen LogP contribution in [0.15, 0.2) is 47.1 Å². The number of carbonyl (C=O) groups is 1. The number of imidazole rings is 1. The standard InChI is InChI=1S/C21H18F2N2O3/c1-12-7-15-14(10-27-18(15)8-13(12)2)9-20(26)28-11-19-24-16-5-3-4-6-17(16)25(19)21(22)23/h3-8,10,21H,9,11H2,1-2H3. The highest BCUT2D eigenvalue weighted by molar-refractivity contribution is 5.87. The Hall–Kier alpha value is -3.22. The third-order valence-corrected chi connectivity index (χ3v) is 4.83. The van der Waals surface area contributed by atoms with E-state index in [2.05, 4.69) is 4.98 Å². The van der Waals surface area contributed by atoms with E-state index in [0.717, 1.165) is 21.1 Å². The van der Waals surface area contributed by atoms with Crippen molar-refractivity contribution in [2.24, 2.45) is 0 Å². The Morgan fingerprint density at radius 1 is 1.21 bits per heavy atom. The first-order valence-electron chi connectivity index (χ1n) is 8.81. The van der Waals surface area contributed by atoms with E-state index >= 15 is 0 Å². The Labute approximate surface area is 159 Å². The molecular formula is C21H18F2N2O3. The topological polar surface area (TPSA) is 57.3 Å². The fraction of sp³-hybridized carbons (Fsp3) is 0.238. The van der Waals surface area contributed by atoms with Crippen LogP contribution >= 0.6 is 0 Å². The molecule has 0 atom stereocenters. The smallest absolute Gasteiger partial charge is 0.320 e. The van der Waals surface area contributed by atoms with Crippen LogP contribution in [0.25, 0.3) is 22.0 Å². The zero-order valence-corrected chi connectivity index (χ0v) is 15.4. The highest BCUT2D eigenvalue weighted by atomic mass is 19.3. The second-order valence-corrected chi connectivity index (χ2v) is 6.70. The van der Waals surface area contributed by atoms with Crippen molar-refractivity contribution in [2.45, 2.75) is 33.4 Å². The summed E-state index contributed by atoms with van der Waals surface area (Å²) in [6.07, 6.45) is 1.52. The Morgan fingerprint density at radius 3 is 2.75 bits per heavy atom. The Balaban J connectivity index is 1.52. The lowest BCUT2D eigenvalue weighted by atomic mass is 10.0. The number of aromatic nitrogens is 2. The van der Waals surface area contributed by atoms with Gasteiger partial charge in [-0.3, -0.25) is 9.36 Å².